The highest BCUT2D eigenvalue weighted by Crippen LogP contribution is 2.21. The Kier molecular flexibility index (Phi) is 5.88. The van der Waals surface area contributed by atoms with Crippen molar-refractivity contribution in [2.75, 3.05) is 13.2 Å². The minimum Gasteiger partial charge on any atom is -0.493 e. The zero-order valence-corrected chi connectivity index (χ0v) is 11.4. The van der Waals surface area contributed by atoms with E-state index in [2.05, 4.69) is 27.7 Å². The molecule has 1 atom stereocenters. The van der Waals surface area contributed by atoms with Crippen LogP contribution in [0.15, 0.2) is 24.3 Å². The van der Waals surface area contributed by atoms with Crippen LogP contribution in [0.1, 0.15) is 34.1 Å². The number of ether oxygens (including phenoxy) is 2. The predicted octanol–water partition coefficient (Wildman–Crippen LogP) is 4.15. The molecule has 0 amide bonds. The van der Waals surface area contributed by atoms with Crippen LogP contribution in [-0.2, 0) is 0 Å². The normalized spacial score (nSPS) is 12.5. The van der Waals surface area contributed by atoms with Gasteiger partial charge in [0.15, 0.2) is 0 Å². The van der Waals surface area contributed by atoms with E-state index in [4.69, 9.17) is 9.47 Å². The fraction of sp³-hybridized carbons (Fsp3) is 0.600. The predicted molar refractivity (Wildman–Crippen MR) is 71.7 cm³/mol. The smallest absolute Gasteiger partial charge is 0.122 e. The summed E-state index contributed by atoms with van der Waals surface area (Å²) >= 11 is 0. The SMILES string of the molecule is CCCOc1cccc(OCC(C)C(C)C)c1. The van der Waals surface area contributed by atoms with Gasteiger partial charge in [0.1, 0.15) is 11.5 Å². The molecule has 0 aliphatic heterocycles. The van der Waals surface area contributed by atoms with Gasteiger partial charge in [-0.1, -0.05) is 33.8 Å². The molecule has 0 N–H and O–H groups in total. The highest BCUT2D eigenvalue weighted by atomic mass is 16.5. The van der Waals surface area contributed by atoms with E-state index in [9.17, 15) is 0 Å². The first-order valence-electron chi connectivity index (χ1n) is 6.49. The first-order valence-corrected chi connectivity index (χ1v) is 6.49. The Labute approximate surface area is 105 Å². The summed E-state index contributed by atoms with van der Waals surface area (Å²) in [5.41, 5.74) is 0. The average molecular weight is 236 g/mol. The second kappa shape index (κ2) is 7.21. The van der Waals surface area contributed by atoms with Crippen molar-refractivity contribution in [1.82, 2.24) is 0 Å². The van der Waals surface area contributed by atoms with Crippen LogP contribution < -0.4 is 9.47 Å². The molecule has 1 aromatic rings. The Bertz CT molecular complexity index is 320. The summed E-state index contributed by atoms with van der Waals surface area (Å²) in [5.74, 6) is 3.00. The minimum atomic E-state index is 0.565. The highest BCUT2D eigenvalue weighted by Gasteiger charge is 2.08. The molecule has 96 valence electrons. The van der Waals surface area contributed by atoms with Gasteiger partial charge in [-0.05, 0) is 30.4 Å². The third-order valence-electron chi connectivity index (χ3n) is 2.93. The maximum atomic E-state index is 5.77. The van der Waals surface area contributed by atoms with Crippen LogP contribution in [0.4, 0.5) is 0 Å². The number of rotatable bonds is 7. The summed E-state index contributed by atoms with van der Waals surface area (Å²) in [6.45, 7) is 10.3. The molecule has 0 aliphatic carbocycles. The largest absolute Gasteiger partial charge is 0.493 e. The molecule has 0 aromatic heterocycles. The monoisotopic (exact) mass is 236 g/mol. The fourth-order valence-corrected chi connectivity index (χ4v) is 1.29. The summed E-state index contributed by atoms with van der Waals surface area (Å²) in [6.07, 6.45) is 1.02. The van der Waals surface area contributed by atoms with E-state index < -0.39 is 0 Å². The topological polar surface area (TPSA) is 18.5 Å². The molecule has 17 heavy (non-hydrogen) atoms. The molecule has 0 aliphatic rings. The van der Waals surface area contributed by atoms with Crippen molar-refractivity contribution in [1.29, 1.82) is 0 Å². The van der Waals surface area contributed by atoms with Gasteiger partial charge in [0.2, 0.25) is 0 Å². The van der Waals surface area contributed by atoms with Gasteiger partial charge in [0.05, 0.1) is 13.2 Å². The van der Waals surface area contributed by atoms with Gasteiger partial charge in [-0.3, -0.25) is 0 Å². The quantitative estimate of drug-likeness (QED) is 0.708. The van der Waals surface area contributed by atoms with Crippen LogP contribution in [0.5, 0.6) is 11.5 Å². The Hall–Kier alpha value is -1.18. The third-order valence-corrected chi connectivity index (χ3v) is 2.93. The molecular formula is C15H24O2. The van der Waals surface area contributed by atoms with Gasteiger partial charge in [0.25, 0.3) is 0 Å². The van der Waals surface area contributed by atoms with E-state index in [1.165, 1.54) is 0 Å². The van der Waals surface area contributed by atoms with Crippen molar-refractivity contribution in [3.8, 4) is 11.5 Å². The van der Waals surface area contributed by atoms with Crippen molar-refractivity contribution < 1.29 is 9.47 Å². The van der Waals surface area contributed by atoms with E-state index in [-0.39, 0.29) is 0 Å². The first kappa shape index (κ1) is 13.9. The van der Waals surface area contributed by atoms with Gasteiger partial charge >= 0.3 is 0 Å². The molecule has 0 spiro atoms. The minimum absolute atomic E-state index is 0.565. The van der Waals surface area contributed by atoms with Crippen LogP contribution in [0.2, 0.25) is 0 Å². The Morgan fingerprint density at radius 2 is 1.71 bits per heavy atom. The molecule has 1 unspecified atom stereocenters. The standard InChI is InChI=1S/C15H24O2/c1-5-9-16-14-7-6-8-15(10-14)17-11-13(4)12(2)3/h6-8,10,12-13H,5,9,11H2,1-4H3. The van der Waals surface area contributed by atoms with Crippen LogP contribution >= 0.6 is 0 Å². The zero-order chi connectivity index (χ0) is 12.7. The van der Waals surface area contributed by atoms with Crippen molar-refractivity contribution in [3.05, 3.63) is 24.3 Å². The maximum Gasteiger partial charge on any atom is 0.122 e. The van der Waals surface area contributed by atoms with Crippen molar-refractivity contribution in [3.63, 3.8) is 0 Å². The van der Waals surface area contributed by atoms with Crippen molar-refractivity contribution in [2.45, 2.75) is 34.1 Å². The molecule has 0 radical (unpaired) electrons. The van der Waals surface area contributed by atoms with Gasteiger partial charge < -0.3 is 9.47 Å². The van der Waals surface area contributed by atoms with Crippen LogP contribution in [0.3, 0.4) is 0 Å². The lowest BCUT2D eigenvalue weighted by Gasteiger charge is -2.16. The van der Waals surface area contributed by atoms with E-state index in [0.29, 0.717) is 11.8 Å². The molecular weight excluding hydrogens is 212 g/mol. The maximum absolute atomic E-state index is 5.77. The number of hydrogen-bond donors (Lipinski definition) is 0. The van der Waals surface area contributed by atoms with Crippen LogP contribution in [0.25, 0.3) is 0 Å². The fourth-order valence-electron chi connectivity index (χ4n) is 1.29. The Balaban J connectivity index is 2.48. The van der Waals surface area contributed by atoms with Crippen LogP contribution in [-0.4, -0.2) is 13.2 Å². The summed E-state index contributed by atoms with van der Waals surface area (Å²) < 4.78 is 11.3. The first-order chi connectivity index (χ1) is 8.13. The molecule has 0 saturated carbocycles. The lowest BCUT2D eigenvalue weighted by atomic mass is 9.99. The molecule has 0 bridgehead atoms. The highest BCUT2D eigenvalue weighted by molar-refractivity contribution is 5.32. The number of hydrogen-bond acceptors (Lipinski definition) is 2. The third kappa shape index (κ3) is 5.12. The number of benzene rings is 1. The summed E-state index contributed by atoms with van der Waals surface area (Å²) in [5, 5.41) is 0. The molecule has 0 heterocycles. The van der Waals surface area contributed by atoms with Gasteiger partial charge in [0, 0.05) is 6.07 Å². The molecule has 1 rings (SSSR count). The summed E-state index contributed by atoms with van der Waals surface area (Å²) in [4.78, 5) is 0. The molecule has 2 heteroatoms. The van der Waals surface area contributed by atoms with Gasteiger partial charge in [-0.25, -0.2) is 0 Å². The lowest BCUT2D eigenvalue weighted by molar-refractivity contribution is 0.222. The Morgan fingerprint density at radius 1 is 1.06 bits per heavy atom. The second-order valence-corrected chi connectivity index (χ2v) is 4.86. The molecule has 2 nitrogen and oxygen atoms in total. The van der Waals surface area contributed by atoms with Crippen LogP contribution in [0, 0.1) is 11.8 Å². The summed E-state index contributed by atoms with van der Waals surface area (Å²) in [7, 11) is 0. The van der Waals surface area contributed by atoms with Gasteiger partial charge in [-0.2, -0.15) is 0 Å². The lowest BCUT2D eigenvalue weighted by Crippen LogP contribution is -2.14. The van der Waals surface area contributed by atoms with E-state index in [1.54, 1.807) is 0 Å². The van der Waals surface area contributed by atoms with E-state index in [0.717, 1.165) is 31.1 Å². The second-order valence-electron chi connectivity index (χ2n) is 4.86. The molecule has 0 saturated heterocycles. The zero-order valence-electron chi connectivity index (χ0n) is 11.4. The Morgan fingerprint density at radius 3 is 2.29 bits per heavy atom. The summed E-state index contributed by atoms with van der Waals surface area (Å²) in [6, 6.07) is 7.88. The molecule has 0 fully saturated rings. The van der Waals surface area contributed by atoms with Gasteiger partial charge in [-0.15, -0.1) is 0 Å². The van der Waals surface area contributed by atoms with Crippen molar-refractivity contribution in [2.24, 2.45) is 11.8 Å². The van der Waals surface area contributed by atoms with Crippen molar-refractivity contribution >= 4 is 0 Å². The molecule has 1 aromatic carbocycles. The van der Waals surface area contributed by atoms with E-state index in [1.807, 2.05) is 24.3 Å². The average Bonchev–Trinajstić information content (AvgIpc) is 2.33. The van der Waals surface area contributed by atoms with E-state index >= 15 is 0 Å².